The van der Waals surface area contributed by atoms with E-state index in [0.717, 1.165) is 5.56 Å². The molecule has 0 aliphatic carbocycles. The van der Waals surface area contributed by atoms with E-state index >= 15 is 0 Å². The van der Waals surface area contributed by atoms with Gasteiger partial charge in [-0.15, -0.1) is 5.11 Å². The maximum atomic E-state index is 10.9. The number of carbonyl (C=O) groups is 1. The fourth-order valence-corrected chi connectivity index (χ4v) is 1.48. The number of hydrazine groups is 1. The predicted molar refractivity (Wildman–Crippen MR) is 71.3 cm³/mol. The first kappa shape index (κ1) is 13.6. The summed E-state index contributed by atoms with van der Waals surface area (Å²) in [5.41, 5.74) is 3.02. The molecule has 2 amide bonds. The molecule has 102 valence electrons. The maximum absolute atomic E-state index is 10.9. The molecule has 8 nitrogen and oxygen atoms in total. The molecule has 1 heterocycles. The van der Waals surface area contributed by atoms with Crippen molar-refractivity contribution in [2.45, 2.75) is 0 Å². The first-order valence-electron chi connectivity index (χ1n) is 5.62. The number of amides is 2. The minimum atomic E-state index is -0.748. The van der Waals surface area contributed by atoms with Gasteiger partial charge in [0.05, 0.1) is 7.11 Å². The number of methoxy groups -OCH3 is 1. The summed E-state index contributed by atoms with van der Waals surface area (Å²) in [6.07, 6.45) is 3.29. The quantitative estimate of drug-likeness (QED) is 0.382. The van der Waals surface area contributed by atoms with Crippen molar-refractivity contribution in [1.29, 1.82) is 0 Å². The van der Waals surface area contributed by atoms with Gasteiger partial charge in [0.15, 0.2) is 5.82 Å². The molecule has 0 spiro atoms. The van der Waals surface area contributed by atoms with Gasteiger partial charge in [0.1, 0.15) is 11.4 Å². The summed E-state index contributed by atoms with van der Waals surface area (Å²) >= 11 is 0. The van der Waals surface area contributed by atoms with Crippen molar-refractivity contribution in [3.05, 3.63) is 36.7 Å². The number of hydrogen-bond donors (Lipinski definition) is 2. The van der Waals surface area contributed by atoms with Crippen LogP contribution in [0.15, 0.2) is 46.9 Å². The highest BCUT2D eigenvalue weighted by molar-refractivity contribution is 5.74. The summed E-state index contributed by atoms with van der Waals surface area (Å²) in [4.78, 5) is 19.2. The summed E-state index contributed by atoms with van der Waals surface area (Å²) in [5, 5.41) is 7.11. The fraction of sp³-hybridized carbons (Fsp3) is 0.0833. The van der Waals surface area contributed by atoms with Crippen LogP contribution in [0.2, 0.25) is 0 Å². The van der Waals surface area contributed by atoms with Crippen LogP contribution < -0.4 is 16.0 Å². The molecule has 0 radical (unpaired) electrons. The number of urea groups is 1. The molecule has 0 aliphatic heterocycles. The van der Waals surface area contributed by atoms with E-state index < -0.39 is 6.03 Å². The topological polar surface area (TPSA) is 115 Å². The lowest BCUT2D eigenvalue weighted by Gasteiger charge is -2.06. The molecular formula is C12H12N6O2. The molecule has 0 saturated carbocycles. The van der Waals surface area contributed by atoms with E-state index in [4.69, 9.17) is 10.6 Å². The van der Waals surface area contributed by atoms with Crippen molar-refractivity contribution in [3.63, 3.8) is 0 Å². The van der Waals surface area contributed by atoms with Crippen LogP contribution in [-0.4, -0.2) is 23.1 Å². The first-order chi connectivity index (χ1) is 9.74. The van der Waals surface area contributed by atoms with Crippen LogP contribution in [-0.2, 0) is 0 Å². The predicted octanol–water partition coefficient (Wildman–Crippen LogP) is 1.82. The second-order valence-electron chi connectivity index (χ2n) is 3.61. The van der Waals surface area contributed by atoms with Crippen molar-refractivity contribution in [2.75, 3.05) is 7.11 Å². The third-order valence-electron chi connectivity index (χ3n) is 2.38. The highest BCUT2D eigenvalue weighted by Crippen LogP contribution is 2.31. The monoisotopic (exact) mass is 272 g/mol. The zero-order valence-corrected chi connectivity index (χ0v) is 10.6. The third kappa shape index (κ3) is 3.12. The van der Waals surface area contributed by atoms with E-state index in [9.17, 15) is 4.79 Å². The Morgan fingerprint density at radius 3 is 2.75 bits per heavy atom. The molecule has 0 aliphatic rings. The smallest absolute Gasteiger partial charge is 0.373 e. The van der Waals surface area contributed by atoms with Crippen LogP contribution in [0, 0.1) is 0 Å². The molecule has 3 N–H and O–H groups in total. The first-order valence-corrected chi connectivity index (χ1v) is 5.62. The number of ether oxygens (including phenoxy) is 1. The molecule has 0 atom stereocenters. The second-order valence-corrected chi connectivity index (χ2v) is 3.61. The van der Waals surface area contributed by atoms with E-state index in [0.29, 0.717) is 17.3 Å². The summed E-state index contributed by atoms with van der Waals surface area (Å²) in [7, 11) is 1.49. The number of aromatic nitrogens is 2. The lowest BCUT2D eigenvalue weighted by Crippen LogP contribution is -2.26. The summed E-state index contributed by atoms with van der Waals surface area (Å²) in [6, 6.07) is 6.10. The number of hydrogen-bond acceptors (Lipinski definition) is 6. The van der Waals surface area contributed by atoms with E-state index in [1.54, 1.807) is 36.7 Å². The SMILES string of the molecule is COc1cc(-c2ncccn2)ccc1N=NC(=O)NN. The molecule has 0 bridgehead atoms. The van der Waals surface area contributed by atoms with Gasteiger partial charge < -0.3 is 4.74 Å². The van der Waals surface area contributed by atoms with E-state index in [-0.39, 0.29) is 0 Å². The number of nitrogens with zero attached hydrogens (tertiary/aromatic N) is 4. The van der Waals surface area contributed by atoms with Gasteiger partial charge in [-0.1, -0.05) is 5.11 Å². The van der Waals surface area contributed by atoms with Gasteiger partial charge in [0, 0.05) is 18.0 Å². The van der Waals surface area contributed by atoms with Gasteiger partial charge in [-0.2, -0.15) is 0 Å². The molecule has 8 heteroatoms. The molecule has 2 rings (SSSR count). The van der Waals surface area contributed by atoms with Gasteiger partial charge in [-0.3, -0.25) is 5.43 Å². The molecule has 1 aromatic carbocycles. The highest BCUT2D eigenvalue weighted by Gasteiger charge is 2.07. The second kappa shape index (κ2) is 6.34. The standard InChI is InChI=1S/C12H12N6O2/c1-20-10-7-8(11-14-5-2-6-15-11)3-4-9(10)17-18-12(19)16-13/h2-7H,13H2,1H3,(H,16,19). The van der Waals surface area contributed by atoms with Gasteiger partial charge >= 0.3 is 6.03 Å². The molecule has 0 fully saturated rings. The number of nitrogens with one attached hydrogen (secondary N) is 1. The van der Waals surface area contributed by atoms with E-state index in [1.807, 2.05) is 5.43 Å². The lowest BCUT2D eigenvalue weighted by atomic mass is 10.2. The van der Waals surface area contributed by atoms with Crippen LogP contribution in [0.1, 0.15) is 0 Å². The Bertz CT molecular complexity index is 629. The van der Waals surface area contributed by atoms with Crippen LogP contribution in [0.3, 0.4) is 0 Å². The van der Waals surface area contributed by atoms with Gasteiger partial charge in [0.2, 0.25) is 0 Å². The Morgan fingerprint density at radius 1 is 1.35 bits per heavy atom. The Morgan fingerprint density at radius 2 is 2.10 bits per heavy atom. The van der Waals surface area contributed by atoms with Crippen LogP contribution in [0.4, 0.5) is 10.5 Å². The molecule has 0 unspecified atom stereocenters. The normalized spacial score (nSPS) is 10.5. The number of benzene rings is 1. The summed E-state index contributed by atoms with van der Waals surface area (Å²) in [6.45, 7) is 0. The van der Waals surface area contributed by atoms with Crippen molar-refractivity contribution >= 4 is 11.7 Å². The summed E-state index contributed by atoms with van der Waals surface area (Å²) in [5.74, 6) is 5.92. The Kier molecular flexibility index (Phi) is 4.30. The number of azo groups is 1. The van der Waals surface area contributed by atoms with E-state index in [1.165, 1.54) is 7.11 Å². The molecule has 1 aromatic heterocycles. The number of rotatable bonds is 3. The minimum Gasteiger partial charge on any atom is -0.494 e. The van der Waals surface area contributed by atoms with Crippen molar-refractivity contribution < 1.29 is 9.53 Å². The maximum Gasteiger partial charge on any atom is 0.373 e. The lowest BCUT2D eigenvalue weighted by molar-refractivity contribution is 0.248. The van der Waals surface area contributed by atoms with Crippen LogP contribution in [0.5, 0.6) is 5.75 Å². The largest absolute Gasteiger partial charge is 0.494 e. The van der Waals surface area contributed by atoms with Crippen molar-refractivity contribution in [1.82, 2.24) is 15.4 Å². The van der Waals surface area contributed by atoms with Crippen molar-refractivity contribution in [3.8, 4) is 17.1 Å². The molecule has 0 saturated heterocycles. The minimum absolute atomic E-state index is 0.399. The zero-order valence-electron chi connectivity index (χ0n) is 10.6. The van der Waals surface area contributed by atoms with Gasteiger partial charge in [-0.25, -0.2) is 20.6 Å². The molecular weight excluding hydrogens is 260 g/mol. The Hall–Kier alpha value is -2.87. The van der Waals surface area contributed by atoms with Crippen LogP contribution >= 0.6 is 0 Å². The summed E-state index contributed by atoms with van der Waals surface area (Å²) < 4.78 is 5.20. The van der Waals surface area contributed by atoms with E-state index in [2.05, 4.69) is 20.2 Å². The molecule has 2 aromatic rings. The van der Waals surface area contributed by atoms with Crippen LogP contribution in [0.25, 0.3) is 11.4 Å². The Labute approximate surface area is 114 Å². The number of nitrogens with two attached hydrogens (primary N) is 1. The molecule has 20 heavy (non-hydrogen) atoms. The fourth-order valence-electron chi connectivity index (χ4n) is 1.48. The third-order valence-corrected chi connectivity index (χ3v) is 2.38. The van der Waals surface area contributed by atoms with Gasteiger partial charge in [-0.05, 0) is 24.3 Å². The van der Waals surface area contributed by atoms with Gasteiger partial charge in [0.25, 0.3) is 0 Å². The number of carbonyl (C=O) groups excluding carboxylic acids is 1. The Balaban J connectivity index is 2.33. The van der Waals surface area contributed by atoms with Crippen molar-refractivity contribution in [2.24, 2.45) is 16.1 Å². The average Bonchev–Trinajstić information content (AvgIpc) is 2.53. The average molecular weight is 272 g/mol. The zero-order chi connectivity index (χ0) is 14.4. The highest BCUT2D eigenvalue weighted by atomic mass is 16.5.